The maximum atomic E-state index is 13.0. The topological polar surface area (TPSA) is 24.5 Å². The van der Waals surface area contributed by atoms with Crippen LogP contribution in [0.5, 0.6) is 5.75 Å². The van der Waals surface area contributed by atoms with Crippen molar-refractivity contribution in [1.82, 2.24) is 10.2 Å². The number of halogens is 4. The van der Waals surface area contributed by atoms with Crippen LogP contribution in [-0.2, 0) is 0 Å². The first-order valence-electron chi connectivity index (χ1n) is 7.90. The van der Waals surface area contributed by atoms with Crippen LogP contribution >= 0.6 is 11.3 Å². The van der Waals surface area contributed by atoms with E-state index >= 15 is 0 Å². The smallest absolute Gasteiger partial charge is 0.428 e. The fourth-order valence-electron chi connectivity index (χ4n) is 2.86. The molecule has 136 valence electrons. The van der Waals surface area contributed by atoms with Gasteiger partial charge in [-0.2, -0.15) is 17.6 Å². The van der Waals surface area contributed by atoms with Crippen LogP contribution in [0.25, 0.3) is 0 Å². The Labute approximate surface area is 147 Å². The number of nitrogens with one attached hydrogen (secondary N) is 1. The molecule has 0 amide bonds. The second kappa shape index (κ2) is 7.72. The second-order valence-corrected chi connectivity index (χ2v) is 6.72. The normalized spacial score (nSPS) is 17.6. The average molecular weight is 374 g/mol. The number of hydrogen-bond donors (Lipinski definition) is 1. The third-order valence-electron chi connectivity index (χ3n) is 4.03. The van der Waals surface area contributed by atoms with Crippen molar-refractivity contribution in [3.63, 3.8) is 0 Å². The molecule has 0 bridgehead atoms. The van der Waals surface area contributed by atoms with Gasteiger partial charge in [0.05, 0.1) is 6.04 Å². The number of hydrogen-bond acceptors (Lipinski definition) is 4. The zero-order valence-corrected chi connectivity index (χ0v) is 14.1. The Balaban J connectivity index is 1.82. The van der Waals surface area contributed by atoms with Crippen molar-refractivity contribution >= 4 is 11.3 Å². The first-order chi connectivity index (χ1) is 12.0. The summed E-state index contributed by atoms with van der Waals surface area (Å²) in [7, 11) is 0. The van der Waals surface area contributed by atoms with E-state index in [0.29, 0.717) is 0 Å². The van der Waals surface area contributed by atoms with Crippen LogP contribution in [0.3, 0.4) is 0 Å². The summed E-state index contributed by atoms with van der Waals surface area (Å²) in [5.74, 6) is -0.278. The van der Waals surface area contributed by atoms with Gasteiger partial charge < -0.3 is 10.1 Å². The molecular formula is C17H18F4N2OS. The zero-order valence-electron chi connectivity index (χ0n) is 13.3. The van der Waals surface area contributed by atoms with Gasteiger partial charge in [-0.25, -0.2) is 0 Å². The maximum absolute atomic E-state index is 13.0. The van der Waals surface area contributed by atoms with E-state index in [9.17, 15) is 17.6 Å². The van der Waals surface area contributed by atoms with Gasteiger partial charge in [0.1, 0.15) is 5.75 Å². The molecule has 0 aliphatic carbocycles. The lowest BCUT2D eigenvalue weighted by atomic mass is 10.0. The Kier molecular flexibility index (Phi) is 5.61. The van der Waals surface area contributed by atoms with Gasteiger partial charge in [-0.1, -0.05) is 18.2 Å². The number of ether oxygens (including phenoxy) is 1. The minimum atomic E-state index is -4.49. The predicted octanol–water partition coefficient (Wildman–Crippen LogP) is 3.98. The average Bonchev–Trinajstić information content (AvgIpc) is 3.11. The summed E-state index contributed by atoms with van der Waals surface area (Å²) < 4.78 is 54.7. The summed E-state index contributed by atoms with van der Waals surface area (Å²) in [6.07, 6.45) is -8.36. The van der Waals surface area contributed by atoms with Gasteiger partial charge in [-0.3, -0.25) is 4.90 Å². The predicted molar refractivity (Wildman–Crippen MR) is 88.6 cm³/mol. The second-order valence-electron chi connectivity index (χ2n) is 5.74. The number of alkyl halides is 4. The van der Waals surface area contributed by atoms with E-state index in [1.807, 2.05) is 17.5 Å². The van der Waals surface area contributed by atoms with E-state index in [-0.39, 0.29) is 11.8 Å². The highest BCUT2D eigenvalue weighted by Crippen LogP contribution is 2.34. The number of rotatable bonds is 6. The van der Waals surface area contributed by atoms with Gasteiger partial charge in [0.15, 0.2) is 0 Å². The van der Waals surface area contributed by atoms with E-state index < -0.39 is 12.5 Å². The number of thiophene rings is 1. The molecule has 2 aromatic rings. The fraction of sp³-hybridized carbons (Fsp3) is 0.412. The Morgan fingerprint density at radius 2 is 1.76 bits per heavy atom. The molecule has 0 saturated carbocycles. The van der Waals surface area contributed by atoms with Crippen LogP contribution < -0.4 is 10.1 Å². The summed E-state index contributed by atoms with van der Waals surface area (Å²) in [5, 5.41) is 5.29. The van der Waals surface area contributed by atoms with E-state index in [0.717, 1.165) is 36.6 Å². The highest BCUT2D eigenvalue weighted by molar-refractivity contribution is 7.10. The molecule has 25 heavy (non-hydrogen) atoms. The van der Waals surface area contributed by atoms with Gasteiger partial charge >= 0.3 is 12.5 Å². The SMILES string of the molecule is FC(F)C(F)(F)Oc1ccc([C@@H](c2cccs2)N2CCNCC2)cc1. The molecule has 0 radical (unpaired) electrons. The van der Waals surface area contributed by atoms with E-state index in [4.69, 9.17) is 0 Å². The summed E-state index contributed by atoms with van der Waals surface area (Å²) >= 11 is 1.63. The lowest BCUT2D eigenvalue weighted by molar-refractivity contribution is -0.253. The van der Waals surface area contributed by atoms with Crippen molar-refractivity contribution in [2.24, 2.45) is 0 Å². The molecule has 3 rings (SSSR count). The monoisotopic (exact) mass is 374 g/mol. The minimum Gasteiger partial charge on any atom is -0.428 e. The molecule has 3 nitrogen and oxygen atoms in total. The fourth-order valence-corrected chi connectivity index (χ4v) is 3.75. The molecule has 0 spiro atoms. The Hall–Kier alpha value is -1.64. The van der Waals surface area contributed by atoms with E-state index in [2.05, 4.69) is 15.0 Å². The van der Waals surface area contributed by atoms with Crippen LogP contribution in [0.4, 0.5) is 17.6 Å². The van der Waals surface area contributed by atoms with Crippen LogP contribution in [-0.4, -0.2) is 43.6 Å². The molecule has 0 unspecified atom stereocenters. The summed E-state index contributed by atoms with van der Waals surface area (Å²) in [6, 6.07) is 9.95. The van der Waals surface area contributed by atoms with Gasteiger partial charge in [-0.05, 0) is 29.1 Å². The Morgan fingerprint density at radius 3 is 2.32 bits per heavy atom. The molecule has 1 saturated heterocycles. The lowest BCUT2D eigenvalue weighted by Crippen LogP contribution is -2.45. The van der Waals surface area contributed by atoms with Crippen LogP contribution in [0.2, 0.25) is 0 Å². The number of piperazine rings is 1. The van der Waals surface area contributed by atoms with Crippen LogP contribution in [0.15, 0.2) is 41.8 Å². The van der Waals surface area contributed by atoms with Crippen molar-refractivity contribution in [3.05, 3.63) is 52.2 Å². The van der Waals surface area contributed by atoms with Gasteiger partial charge in [-0.15, -0.1) is 11.3 Å². The first kappa shape index (κ1) is 18.2. The molecular weight excluding hydrogens is 356 g/mol. The largest absolute Gasteiger partial charge is 0.461 e. The molecule has 2 heterocycles. The van der Waals surface area contributed by atoms with Crippen LogP contribution in [0.1, 0.15) is 16.5 Å². The van der Waals surface area contributed by atoms with Crippen molar-refractivity contribution < 1.29 is 22.3 Å². The third-order valence-corrected chi connectivity index (χ3v) is 4.96. The summed E-state index contributed by atoms with van der Waals surface area (Å²) in [4.78, 5) is 3.46. The zero-order chi connectivity index (χ0) is 17.9. The van der Waals surface area contributed by atoms with Gasteiger partial charge in [0.2, 0.25) is 0 Å². The molecule has 1 fully saturated rings. The Bertz CT molecular complexity index is 658. The van der Waals surface area contributed by atoms with E-state index in [1.54, 1.807) is 23.5 Å². The number of benzene rings is 1. The highest BCUT2D eigenvalue weighted by atomic mass is 32.1. The molecule has 1 N–H and O–H groups in total. The summed E-state index contributed by atoms with van der Waals surface area (Å²) in [5.41, 5.74) is 0.914. The maximum Gasteiger partial charge on any atom is 0.461 e. The highest BCUT2D eigenvalue weighted by Gasteiger charge is 2.44. The first-order valence-corrected chi connectivity index (χ1v) is 8.78. The lowest BCUT2D eigenvalue weighted by Gasteiger charge is -2.34. The van der Waals surface area contributed by atoms with Crippen molar-refractivity contribution in [2.45, 2.75) is 18.6 Å². The number of nitrogens with zero attached hydrogens (tertiary/aromatic N) is 1. The molecule has 1 atom stereocenters. The standard InChI is InChI=1S/C17H18F4N2OS/c18-16(19)17(20,21)24-13-5-3-12(4-6-13)15(14-2-1-11-25-14)23-9-7-22-8-10-23/h1-6,11,15-16,22H,7-10H2/t15-/m0/s1. The van der Waals surface area contributed by atoms with E-state index in [1.165, 1.54) is 12.1 Å². The van der Waals surface area contributed by atoms with Crippen molar-refractivity contribution in [2.75, 3.05) is 26.2 Å². The van der Waals surface area contributed by atoms with Crippen molar-refractivity contribution in [3.8, 4) is 5.75 Å². The molecule has 8 heteroatoms. The minimum absolute atomic E-state index is 0.00626. The third kappa shape index (κ3) is 4.31. The van der Waals surface area contributed by atoms with Crippen molar-refractivity contribution in [1.29, 1.82) is 0 Å². The summed E-state index contributed by atoms with van der Waals surface area (Å²) in [6.45, 7) is 3.49. The van der Waals surface area contributed by atoms with Gasteiger partial charge in [0.25, 0.3) is 0 Å². The molecule has 1 aromatic carbocycles. The molecule has 1 aromatic heterocycles. The quantitative estimate of drug-likeness (QED) is 0.774. The van der Waals surface area contributed by atoms with Gasteiger partial charge in [0, 0.05) is 31.1 Å². The Morgan fingerprint density at radius 1 is 1.08 bits per heavy atom. The molecule has 1 aliphatic heterocycles. The van der Waals surface area contributed by atoms with Crippen LogP contribution in [0, 0.1) is 0 Å². The molecule has 1 aliphatic rings.